The zero-order valence-corrected chi connectivity index (χ0v) is 11.5. The fourth-order valence-electron chi connectivity index (χ4n) is 1.61. The third-order valence-electron chi connectivity index (χ3n) is 2.45. The van der Waals surface area contributed by atoms with Crippen LogP contribution < -0.4 is 4.74 Å². The van der Waals surface area contributed by atoms with Gasteiger partial charge >= 0.3 is 0 Å². The molecule has 1 aromatic carbocycles. The van der Waals surface area contributed by atoms with Crippen molar-refractivity contribution in [2.45, 2.75) is 10.2 Å². The first kappa shape index (κ1) is 12.3. The fourth-order valence-corrected chi connectivity index (χ4v) is 2.57. The first-order valence-corrected chi connectivity index (χ1v) is 6.63. The molecule has 19 heavy (non-hydrogen) atoms. The minimum absolute atomic E-state index is 0.364. The lowest BCUT2D eigenvalue weighted by Gasteiger charge is -1.96. The van der Waals surface area contributed by atoms with Gasteiger partial charge in [0.25, 0.3) is 0 Å². The van der Waals surface area contributed by atoms with Gasteiger partial charge in [-0.2, -0.15) is 0 Å². The van der Waals surface area contributed by atoms with Crippen molar-refractivity contribution in [2.75, 3.05) is 7.11 Å². The highest BCUT2D eigenvalue weighted by molar-refractivity contribution is 7.99. The number of aromatic nitrogens is 4. The Labute approximate surface area is 118 Å². The average molecular weight is 293 g/mol. The normalized spacial score (nSPS) is 10.8. The van der Waals surface area contributed by atoms with Crippen LogP contribution in [0.25, 0.3) is 11.0 Å². The quantitative estimate of drug-likeness (QED) is 0.803. The van der Waals surface area contributed by atoms with Crippen LogP contribution in [-0.4, -0.2) is 27.0 Å². The summed E-state index contributed by atoms with van der Waals surface area (Å²) >= 11 is 7.17. The lowest BCUT2D eigenvalue weighted by molar-refractivity contribution is 0.415. The van der Waals surface area contributed by atoms with Gasteiger partial charge in [0, 0.05) is 6.07 Å². The molecule has 0 fully saturated rings. The molecule has 0 atom stereocenters. The Bertz CT molecular complexity index is 731. The summed E-state index contributed by atoms with van der Waals surface area (Å²) in [5, 5.41) is 1.79. The minimum atomic E-state index is 0.364. The molecule has 3 rings (SSSR count). The van der Waals surface area contributed by atoms with Crippen LogP contribution in [0.5, 0.6) is 5.75 Å². The molecule has 0 aliphatic rings. The Morgan fingerprint density at radius 3 is 2.95 bits per heavy atom. The number of ether oxygens (including phenoxy) is 1. The Hall–Kier alpha value is -1.79. The second-order valence-electron chi connectivity index (χ2n) is 3.71. The molecule has 3 aromatic rings. The standard InChI is InChI=1S/C12H9ClN4OS/c1-18-7-2-3-8-9(4-7)16-12(15-8)19-11-6-14-5-10(13)17-11/h2-6H,1H3,(H,15,16). The number of nitrogens with one attached hydrogen (secondary N) is 1. The van der Waals surface area contributed by atoms with Crippen molar-refractivity contribution in [2.24, 2.45) is 0 Å². The molecule has 0 aliphatic carbocycles. The number of methoxy groups -OCH3 is 1. The van der Waals surface area contributed by atoms with E-state index in [1.165, 1.54) is 18.0 Å². The van der Waals surface area contributed by atoms with Gasteiger partial charge < -0.3 is 9.72 Å². The van der Waals surface area contributed by atoms with Crippen molar-refractivity contribution < 1.29 is 4.74 Å². The summed E-state index contributed by atoms with van der Waals surface area (Å²) in [6, 6.07) is 5.67. The van der Waals surface area contributed by atoms with Gasteiger partial charge in [-0.25, -0.2) is 9.97 Å². The smallest absolute Gasteiger partial charge is 0.172 e. The van der Waals surface area contributed by atoms with E-state index in [-0.39, 0.29) is 0 Å². The molecular weight excluding hydrogens is 284 g/mol. The topological polar surface area (TPSA) is 63.7 Å². The summed E-state index contributed by atoms with van der Waals surface area (Å²) < 4.78 is 5.17. The number of nitrogens with zero attached hydrogens (tertiary/aromatic N) is 3. The molecule has 0 aliphatic heterocycles. The van der Waals surface area contributed by atoms with E-state index in [1.807, 2.05) is 18.2 Å². The van der Waals surface area contributed by atoms with Crippen LogP contribution in [0.15, 0.2) is 40.8 Å². The molecule has 7 heteroatoms. The number of aromatic amines is 1. The second-order valence-corrected chi connectivity index (χ2v) is 5.10. The summed E-state index contributed by atoms with van der Waals surface area (Å²) in [6.45, 7) is 0. The van der Waals surface area contributed by atoms with Gasteiger partial charge in [-0.3, -0.25) is 4.98 Å². The van der Waals surface area contributed by atoms with E-state index >= 15 is 0 Å². The summed E-state index contributed by atoms with van der Waals surface area (Å²) in [7, 11) is 1.63. The molecule has 0 bridgehead atoms. The zero-order valence-electron chi connectivity index (χ0n) is 9.92. The van der Waals surface area contributed by atoms with Crippen LogP contribution >= 0.6 is 23.4 Å². The average Bonchev–Trinajstić information content (AvgIpc) is 2.79. The van der Waals surface area contributed by atoms with Crippen molar-refractivity contribution in [3.63, 3.8) is 0 Å². The number of hydrogen-bond donors (Lipinski definition) is 1. The third kappa shape index (κ3) is 2.64. The first-order chi connectivity index (χ1) is 9.24. The second kappa shape index (κ2) is 5.07. The van der Waals surface area contributed by atoms with Crippen LogP contribution in [0.1, 0.15) is 0 Å². The van der Waals surface area contributed by atoms with Crippen molar-refractivity contribution in [1.29, 1.82) is 0 Å². The number of benzene rings is 1. The zero-order chi connectivity index (χ0) is 13.2. The SMILES string of the molecule is COc1ccc2nc(Sc3cncc(Cl)n3)[nH]c2c1. The Morgan fingerprint density at radius 1 is 1.26 bits per heavy atom. The lowest BCUT2D eigenvalue weighted by atomic mass is 10.3. The predicted octanol–water partition coefficient (Wildman–Crippen LogP) is 3.17. The molecule has 0 radical (unpaired) electrons. The van der Waals surface area contributed by atoms with E-state index in [9.17, 15) is 0 Å². The number of fused-ring (bicyclic) bond motifs is 1. The van der Waals surface area contributed by atoms with Crippen LogP contribution in [0.2, 0.25) is 5.15 Å². The van der Waals surface area contributed by atoms with Gasteiger partial charge in [0.2, 0.25) is 0 Å². The van der Waals surface area contributed by atoms with Gasteiger partial charge in [-0.15, -0.1) is 0 Å². The van der Waals surface area contributed by atoms with Gasteiger partial charge in [0.15, 0.2) is 5.16 Å². The maximum Gasteiger partial charge on any atom is 0.172 e. The highest BCUT2D eigenvalue weighted by Crippen LogP contribution is 2.27. The van der Waals surface area contributed by atoms with Gasteiger partial charge in [0.1, 0.15) is 15.9 Å². The maximum atomic E-state index is 5.80. The largest absolute Gasteiger partial charge is 0.497 e. The van der Waals surface area contributed by atoms with Gasteiger partial charge in [0.05, 0.1) is 30.5 Å². The predicted molar refractivity (Wildman–Crippen MR) is 73.8 cm³/mol. The summed E-state index contributed by atoms with van der Waals surface area (Å²) in [5.74, 6) is 0.787. The highest BCUT2D eigenvalue weighted by atomic mass is 35.5. The molecule has 0 spiro atoms. The van der Waals surface area contributed by atoms with Crippen LogP contribution in [-0.2, 0) is 0 Å². The number of rotatable bonds is 3. The molecule has 2 aromatic heterocycles. The molecule has 0 saturated heterocycles. The highest BCUT2D eigenvalue weighted by Gasteiger charge is 2.07. The lowest BCUT2D eigenvalue weighted by Crippen LogP contribution is -1.83. The van der Waals surface area contributed by atoms with Crippen molar-refractivity contribution in [3.05, 3.63) is 35.7 Å². The van der Waals surface area contributed by atoms with E-state index in [0.717, 1.165) is 21.9 Å². The fraction of sp³-hybridized carbons (Fsp3) is 0.0833. The first-order valence-electron chi connectivity index (χ1n) is 5.44. The van der Waals surface area contributed by atoms with E-state index in [0.29, 0.717) is 10.2 Å². The molecule has 1 N–H and O–H groups in total. The molecular formula is C12H9ClN4OS. The Morgan fingerprint density at radius 2 is 2.16 bits per heavy atom. The number of hydrogen-bond acceptors (Lipinski definition) is 5. The molecule has 0 saturated carbocycles. The summed E-state index contributed by atoms with van der Waals surface area (Å²) in [6.07, 6.45) is 3.14. The number of H-pyrrole nitrogens is 1. The molecule has 0 amide bonds. The summed E-state index contributed by atoms with van der Waals surface area (Å²) in [4.78, 5) is 15.8. The van der Waals surface area contributed by atoms with Crippen molar-refractivity contribution >= 4 is 34.4 Å². The molecule has 5 nitrogen and oxygen atoms in total. The van der Waals surface area contributed by atoms with Crippen LogP contribution in [0.3, 0.4) is 0 Å². The van der Waals surface area contributed by atoms with E-state index in [4.69, 9.17) is 16.3 Å². The molecule has 0 unspecified atom stereocenters. The Kier molecular flexibility index (Phi) is 3.27. The minimum Gasteiger partial charge on any atom is -0.497 e. The number of halogens is 1. The molecule has 2 heterocycles. The van der Waals surface area contributed by atoms with Crippen molar-refractivity contribution in [3.8, 4) is 5.75 Å². The van der Waals surface area contributed by atoms with E-state index in [2.05, 4.69) is 19.9 Å². The maximum absolute atomic E-state index is 5.80. The van der Waals surface area contributed by atoms with Gasteiger partial charge in [-0.1, -0.05) is 11.6 Å². The molecule has 96 valence electrons. The van der Waals surface area contributed by atoms with Gasteiger partial charge in [-0.05, 0) is 23.9 Å². The monoisotopic (exact) mass is 292 g/mol. The van der Waals surface area contributed by atoms with Crippen molar-refractivity contribution in [1.82, 2.24) is 19.9 Å². The van der Waals surface area contributed by atoms with E-state index < -0.39 is 0 Å². The van der Waals surface area contributed by atoms with Crippen LogP contribution in [0, 0.1) is 0 Å². The van der Waals surface area contributed by atoms with E-state index in [1.54, 1.807) is 13.3 Å². The van der Waals surface area contributed by atoms with Crippen LogP contribution in [0.4, 0.5) is 0 Å². The number of imidazole rings is 1. The summed E-state index contributed by atoms with van der Waals surface area (Å²) in [5.41, 5.74) is 1.79. The third-order valence-corrected chi connectivity index (χ3v) is 3.43. The Balaban J connectivity index is 1.93.